The van der Waals surface area contributed by atoms with Gasteiger partial charge in [-0.05, 0) is 35.9 Å². The van der Waals surface area contributed by atoms with Gasteiger partial charge in [0.15, 0.2) is 5.69 Å². The molecule has 0 saturated heterocycles. The van der Waals surface area contributed by atoms with E-state index in [0.717, 1.165) is 21.2 Å². The summed E-state index contributed by atoms with van der Waals surface area (Å²) < 4.78 is 0. The zero-order valence-corrected chi connectivity index (χ0v) is 12.8. The Kier molecular flexibility index (Phi) is 3.94. The Morgan fingerprint density at radius 1 is 1.29 bits per heavy atom. The van der Waals surface area contributed by atoms with Crippen molar-refractivity contribution in [1.82, 2.24) is 15.6 Å². The van der Waals surface area contributed by atoms with Gasteiger partial charge in [-0.3, -0.25) is 9.89 Å². The van der Waals surface area contributed by atoms with Gasteiger partial charge in [0, 0.05) is 4.88 Å². The fourth-order valence-electron chi connectivity index (χ4n) is 1.73. The van der Waals surface area contributed by atoms with Crippen molar-refractivity contribution in [2.24, 2.45) is 5.10 Å². The molecule has 0 spiro atoms. The number of hydrazone groups is 1. The highest BCUT2D eigenvalue weighted by Gasteiger charge is 2.11. The number of rotatable bonds is 4. The van der Waals surface area contributed by atoms with E-state index in [2.05, 4.69) is 20.7 Å². The standard InChI is InChI=1S/C14H12N4OS2/c1-9(12-4-2-6-20-12)15-18-14(19)11-8-10(16-17-11)13-5-3-7-21-13/h2-8H,1H3,(H,16,17)(H,18,19). The normalized spacial score (nSPS) is 11.6. The predicted octanol–water partition coefficient (Wildman–Crippen LogP) is 3.35. The van der Waals surface area contributed by atoms with Gasteiger partial charge in [-0.1, -0.05) is 12.1 Å². The van der Waals surface area contributed by atoms with Crippen LogP contribution in [0.2, 0.25) is 0 Å². The van der Waals surface area contributed by atoms with E-state index in [-0.39, 0.29) is 5.91 Å². The zero-order chi connectivity index (χ0) is 14.7. The SMILES string of the molecule is CC(=NNC(=O)c1cc(-c2cccs2)[nH]n1)c1cccs1. The lowest BCUT2D eigenvalue weighted by Crippen LogP contribution is -2.19. The molecule has 0 aliphatic rings. The van der Waals surface area contributed by atoms with Gasteiger partial charge in [-0.15, -0.1) is 22.7 Å². The Morgan fingerprint density at radius 2 is 2.10 bits per heavy atom. The predicted molar refractivity (Wildman–Crippen MR) is 85.9 cm³/mol. The summed E-state index contributed by atoms with van der Waals surface area (Å²) in [6.45, 7) is 1.85. The minimum atomic E-state index is -0.329. The second-order valence-corrected chi connectivity index (χ2v) is 6.15. The topological polar surface area (TPSA) is 70.1 Å². The molecule has 5 nitrogen and oxygen atoms in total. The smallest absolute Gasteiger partial charge is 0.276 e. The number of carbonyl (C=O) groups is 1. The number of nitrogens with one attached hydrogen (secondary N) is 2. The second-order valence-electron chi connectivity index (χ2n) is 4.26. The summed E-state index contributed by atoms with van der Waals surface area (Å²) in [5.41, 5.74) is 4.44. The molecular formula is C14H12N4OS2. The summed E-state index contributed by atoms with van der Waals surface area (Å²) in [4.78, 5) is 14.1. The van der Waals surface area contributed by atoms with Crippen LogP contribution in [-0.2, 0) is 0 Å². The average molecular weight is 316 g/mol. The maximum Gasteiger partial charge on any atom is 0.291 e. The van der Waals surface area contributed by atoms with Gasteiger partial charge in [0.2, 0.25) is 0 Å². The summed E-state index contributed by atoms with van der Waals surface area (Å²) in [6.07, 6.45) is 0. The molecule has 0 atom stereocenters. The van der Waals surface area contributed by atoms with Crippen LogP contribution in [0.3, 0.4) is 0 Å². The van der Waals surface area contributed by atoms with Crippen LogP contribution in [0.25, 0.3) is 10.6 Å². The Bertz CT molecular complexity index is 757. The Hall–Kier alpha value is -2.25. The maximum atomic E-state index is 12.0. The third-order valence-corrected chi connectivity index (χ3v) is 4.68. The van der Waals surface area contributed by atoms with Crippen LogP contribution in [0, 0.1) is 0 Å². The number of hydrogen-bond acceptors (Lipinski definition) is 5. The number of nitrogens with zero attached hydrogens (tertiary/aromatic N) is 2. The van der Waals surface area contributed by atoms with Crippen molar-refractivity contribution in [2.75, 3.05) is 0 Å². The number of H-pyrrole nitrogens is 1. The van der Waals surface area contributed by atoms with Gasteiger partial charge in [-0.2, -0.15) is 10.2 Å². The van der Waals surface area contributed by atoms with E-state index in [4.69, 9.17) is 0 Å². The second kappa shape index (κ2) is 6.02. The maximum absolute atomic E-state index is 12.0. The molecule has 7 heteroatoms. The lowest BCUT2D eigenvalue weighted by molar-refractivity contribution is 0.0950. The van der Waals surface area contributed by atoms with Gasteiger partial charge in [0.05, 0.1) is 16.3 Å². The Balaban J connectivity index is 1.70. The van der Waals surface area contributed by atoms with Gasteiger partial charge >= 0.3 is 0 Å². The van der Waals surface area contributed by atoms with Crippen molar-refractivity contribution in [2.45, 2.75) is 6.92 Å². The van der Waals surface area contributed by atoms with Gasteiger partial charge in [0.1, 0.15) is 0 Å². The van der Waals surface area contributed by atoms with E-state index in [9.17, 15) is 4.79 Å². The van der Waals surface area contributed by atoms with E-state index in [1.54, 1.807) is 28.7 Å². The third kappa shape index (κ3) is 3.09. The van der Waals surface area contributed by atoms with Crippen LogP contribution in [-0.4, -0.2) is 21.8 Å². The first-order chi connectivity index (χ1) is 10.2. The molecule has 0 unspecified atom stereocenters. The molecule has 0 radical (unpaired) electrons. The number of aromatic amines is 1. The highest BCUT2D eigenvalue weighted by Crippen LogP contribution is 2.22. The lowest BCUT2D eigenvalue weighted by Gasteiger charge is -1.98. The van der Waals surface area contributed by atoms with Crippen molar-refractivity contribution in [3.63, 3.8) is 0 Å². The van der Waals surface area contributed by atoms with Crippen molar-refractivity contribution in [3.8, 4) is 10.6 Å². The molecule has 3 heterocycles. The van der Waals surface area contributed by atoms with Crippen LogP contribution in [0.15, 0.2) is 46.2 Å². The molecule has 0 fully saturated rings. The fourth-order valence-corrected chi connectivity index (χ4v) is 3.10. The molecule has 3 rings (SSSR count). The molecule has 1 amide bonds. The molecule has 0 aliphatic heterocycles. The monoisotopic (exact) mass is 316 g/mol. The van der Waals surface area contributed by atoms with Gasteiger partial charge < -0.3 is 0 Å². The Labute approximate surface area is 129 Å². The number of thiophene rings is 2. The molecule has 0 saturated carbocycles. The molecule has 21 heavy (non-hydrogen) atoms. The highest BCUT2D eigenvalue weighted by atomic mass is 32.1. The van der Waals surface area contributed by atoms with E-state index < -0.39 is 0 Å². The molecule has 0 aromatic carbocycles. The number of amides is 1. The summed E-state index contributed by atoms with van der Waals surface area (Å²) in [5, 5.41) is 14.9. The number of hydrogen-bond donors (Lipinski definition) is 2. The largest absolute Gasteiger partial charge is 0.291 e. The number of carbonyl (C=O) groups excluding carboxylic acids is 1. The van der Waals surface area contributed by atoms with Crippen LogP contribution in [0.4, 0.5) is 0 Å². The first kappa shape index (κ1) is 13.7. The molecular weight excluding hydrogens is 304 g/mol. The van der Waals surface area contributed by atoms with Crippen molar-refractivity contribution in [3.05, 3.63) is 51.7 Å². The summed E-state index contributed by atoms with van der Waals surface area (Å²) in [7, 11) is 0. The highest BCUT2D eigenvalue weighted by molar-refractivity contribution is 7.13. The van der Waals surface area contributed by atoms with Crippen molar-refractivity contribution >= 4 is 34.3 Å². The minimum Gasteiger partial charge on any atom is -0.276 e. The van der Waals surface area contributed by atoms with Crippen LogP contribution < -0.4 is 5.43 Å². The van der Waals surface area contributed by atoms with E-state index in [0.29, 0.717) is 5.69 Å². The summed E-state index contributed by atoms with van der Waals surface area (Å²) in [6, 6.07) is 9.55. The first-order valence-corrected chi connectivity index (χ1v) is 7.98. The van der Waals surface area contributed by atoms with E-state index >= 15 is 0 Å². The number of aromatic nitrogens is 2. The first-order valence-electron chi connectivity index (χ1n) is 6.22. The average Bonchev–Trinajstić information content (AvgIpc) is 3.25. The minimum absolute atomic E-state index is 0.320. The van der Waals surface area contributed by atoms with Crippen LogP contribution >= 0.6 is 22.7 Å². The Morgan fingerprint density at radius 3 is 2.81 bits per heavy atom. The van der Waals surface area contributed by atoms with Crippen molar-refractivity contribution < 1.29 is 4.79 Å². The molecule has 3 aromatic rings. The summed E-state index contributed by atoms with van der Waals surface area (Å²) in [5.74, 6) is -0.329. The summed E-state index contributed by atoms with van der Waals surface area (Å²) >= 11 is 3.17. The third-order valence-electron chi connectivity index (χ3n) is 2.80. The van der Waals surface area contributed by atoms with Crippen molar-refractivity contribution in [1.29, 1.82) is 0 Å². The molecule has 2 N–H and O–H groups in total. The zero-order valence-electron chi connectivity index (χ0n) is 11.2. The van der Waals surface area contributed by atoms with Gasteiger partial charge in [-0.25, -0.2) is 5.43 Å². The molecule has 3 aromatic heterocycles. The fraction of sp³-hybridized carbons (Fsp3) is 0.0714. The molecule has 0 aliphatic carbocycles. The van der Waals surface area contributed by atoms with Crippen LogP contribution in [0.5, 0.6) is 0 Å². The van der Waals surface area contributed by atoms with Crippen LogP contribution in [0.1, 0.15) is 22.3 Å². The van der Waals surface area contributed by atoms with E-state index in [1.165, 1.54) is 0 Å². The molecule has 106 valence electrons. The molecule has 0 bridgehead atoms. The lowest BCUT2D eigenvalue weighted by atomic mass is 10.3. The van der Waals surface area contributed by atoms with E-state index in [1.807, 2.05) is 41.9 Å². The van der Waals surface area contributed by atoms with Gasteiger partial charge in [0.25, 0.3) is 5.91 Å². The quantitative estimate of drug-likeness (QED) is 0.572.